The topological polar surface area (TPSA) is 31.2 Å². The molecule has 2 aromatic rings. The van der Waals surface area contributed by atoms with Crippen molar-refractivity contribution in [3.05, 3.63) is 51.3 Å². The number of ether oxygens (including phenoxy) is 1. The Morgan fingerprint density at radius 3 is 2.46 bits per heavy atom. The standard InChI is InChI=1S/C17H11ClF4NO2.Y/c1-2-3-6-25-10-7-12(19)16(13(20)8-10)14-5-4-11(18)17(24)23(14)9-15(21)22;/h4,7-8,15H,6,9H2,1H3;/q-1;. The monoisotopic (exact) mass is 461 g/mol. The number of hydrogen-bond acceptors (Lipinski definition) is 2. The van der Waals surface area contributed by atoms with Gasteiger partial charge in [0.1, 0.15) is 12.4 Å². The third kappa shape index (κ3) is 5.32. The van der Waals surface area contributed by atoms with Crippen LogP contribution in [0.1, 0.15) is 6.92 Å². The summed E-state index contributed by atoms with van der Waals surface area (Å²) in [6, 6.07) is 5.09. The van der Waals surface area contributed by atoms with Crippen LogP contribution in [0.4, 0.5) is 17.6 Å². The van der Waals surface area contributed by atoms with E-state index in [1.807, 2.05) is 0 Å². The molecule has 0 fully saturated rings. The molecule has 0 bridgehead atoms. The van der Waals surface area contributed by atoms with Crippen LogP contribution in [-0.2, 0) is 39.3 Å². The minimum absolute atomic E-state index is 0. The van der Waals surface area contributed by atoms with Gasteiger partial charge in [0.05, 0.1) is 18.2 Å². The third-order valence-corrected chi connectivity index (χ3v) is 3.39. The van der Waals surface area contributed by atoms with Crippen molar-refractivity contribution in [3.8, 4) is 28.8 Å². The molecular weight excluding hydrogens is 451 g/mol. The Kier molecular flexibility index (Phi) is 8.81. The van der Waals surface area contributed by atoms with Crippen LogP contribution in [0.3, 0.4) is 0 Å². The summed E-state index contributed by atoms with van der Waals surface area (Å²) in [7, 11) is 0. The Morgan fingerprint density at radius 2 is 1.92 bits per heavy atom. The van der Waals surface area contributed by atoms with Crippen LogP contribution in [0.25, 0.3) is 11.3 Å². The van der Waals surface area contributed by atoms with Gasteiger partial charge in [-0.05, 0) is 12.5 Å². The van der Waals surface area contributed by atoms with Crippen molar-refractivity contribution in [1.29, 1.82) is 0 Å². The van der Waals surface area contributed by atoms with E-state index in [1.54, 1.807) is 6.92 Å². The van der Waals surface area contributed by atoms with E-state index in [0.29, 0.717) is 4.57 Å². The van der Waals surface area contributed by atoms with Crippen molar-refractivity contribution in [1.82, 2.24) is 4.57 Å². The minimum Gasteiger partial charge on any atom is -0.481 e. The van der Waals surface area contributed by atoms with Gasteiger partial charge < -0.3 is 9.30 Å². The number of alkyl halides is 2. The van der Waals surface area contributed by atoms with Gasteiger partial charge >= 0.3 is 0 Å². The molecule has 26 heavy (non-hydrogen) atoms. The summed E-state index contributed by atoms with van der Waals surface area (Å²) < 4.78 is 59.7. The van der Waals surface area contributed by atoms with E-state index in [0.717, 1.165) is 18.2 Å². The molecule has 0 saturated heterocycles. The predicted molar refractivity (Wildman–Crippen MR) is 84.8 cm³/mol. The second-order valence-electron chi connectivity index (χ2n) is 4.77. The van der Waals surface area contributed by atoms with Gasteiger partial charge in [-0.3, -0.25) is 4.79 Å². The first-order valence-corrected chi connectivity index (χ1v) is 7.34. The van der Waals surface area contributed by atoms with Crippen molar-refractivity contribution >= 4 is 11.6 Å². The van der Waals surface area contributed by atoms with E-state index < -0.39 is 41.4 Å². The zero-order valence-electron chi connectivity index (χ0n) is 13.5. The van der Waals surface area contributed by atoms with Crippen LogP contribution in [0, 0.1) is 29.5 Å². The maximum atomic E-state index is 14.3. The summed E-state index contributed by atoms with van der Waals surface area (Å²) in [5.41, 5.74) is -2.14. The smallest absolute Gasteiger partial charge is 0.256 e. The summed E-state index contributed by atoms with van der Waals surface area (Å²) in [5, 5.41) is -0.386. The van der Waals surface area contributed by atoms with Gasteiger partial charge in [0, 0.05) is 49.9 Å². The summed E-state index contributed by atoms with van der Waals surface area (Å²) in [6.07, 6.45) is -2.93. The number of rotatable bonds is 5. The van der Waals surface area contributed by atoms with E-state index in [2.05, 4.69) is 17.9 Å². The van der Waals surface area contributed by atoms with Crippen molar-refractivity contribution in [3.63, 3.8) is 0 Å². The first-order chi connectivity index (χ1) is 11.8. The summed E-state index contributed by atoms with van der Waals surface area (Å²) in [4.78, 5) is 12.0. The predicted octanol–water partition coefficient (Wildman–Crippen LogP) is 3.91. The van der Waals surface area contributed by atoms with E-state index in [9.17, 15) is 22.4 Å². The maximum Gasteiger partial charge on any atom is 0.256 e. The molecule has 0 spiro atoms. The maximum absolute atomic E-state index is 14.3. The molecule has 2 rings (SSSR count). The molecule has 0 aliphatic rings. The van der Waals surface area contributed by atoms with Crippen molar-refractivity contribution in [2.75, 3.05) is 6.61 Å². The number of pyridine rings is 1. The molecule has 0 saturated carbocycles. The summed E-state index contributed by atoms with van der Waals surface area (Å²) in [6.45, 7) is 0.429. The molecule has 1 heterocycles. The van der Waals surface area contributed by atoms with E-state index >= 15 is 0 Å². The summed E-state index contributed by atoms with van der Waals surface area (Å²) >= 11 is 5.60. The molecule has 1 aromatic heterocycles. The molecule has 1 radical (unpaired) electrons. The SMILES string of the molecule is CC#CCOc1cc(F)c(-c2[c-]cc(Cl)c(=O)n2CC(F)F)c(F)c1.[Y]. The van der Waals surface area contributed by atoms with Crippen molar-refractivity contribution in [2.45, 2.75) is 19.9 Å². The van der Waals surface area contributed by atoms with Gasteiger partial charge in [-0.2, -0.15) is 23.7 Å². The molecule has 1 aromatic carbocycles. The normalized spacial score (nSPS) is 10.1. The molecular formula is C17H11ClF4NO2Y-. The quantitative estimate of drug-likeness (QED) is 0.384. The molecule has 0 aliphatic heterocycles. The van der Waals surface area contributed by atoms with Crippen LogP contribution < -0.4 is 10.3 Å². The average molecular weight is 462 g/mol. The molecule has 135 valence electrons. The minimum atomic E-state index is -2.93. The Bertz CT molecular complexity index is 883. The van der Waals surface area contributed by atoms with E-state index in [1.165, 1.54) is 0 Å². The van der Waals surface area contributed by atoms with Gasteiger partial charge in [-0.1, -0.05) is 11.6 Å². The fraction of sp³-hybridized carbons (Fsp3) is 0.235. The van der Waals surface area contributed by atoms with Gasteiger partial charge in [0.15, 0.2) is 0 Å². The fourth-order valence-corrected chi connectivity index (χ4v) is 2.23. The molecule has 0 N–H and O–H groups in total. The van der Waals surface area contributed by atoms with Crippen molar-refractivity contribution < 1.29 is 55.0 Å². The van der Waals surface area contributed by atoms with Gasteiger partial charge in [0.2, 0.25) is 5.56 Å². The molecule has 3 nitrogen and oxygen atoms in total. The van der Waals surface area contributed by atoms with Gasteiger partial charge in [-0.15, -0.1) is 5.92 Å². The zero-order valence-corrected chi connectivity index (χ0v) is 17.0. The van der Waals surface area contributed by atoms with Gasteiger partial charge in [0.25, 0.3) is 6.43 Å². The first kappa shape index (κ1) is 22.7. The number of nitrogens with zero attached hydrogens (tertiary/aromatic N) is 1. The van der Waals surface area contributed by atoms with Gasteiger partial charge in [-0.25, -0.2) is 17.6 Å². The molecule has 0 amide bonds. The second-order valence-corrected chi connectivity index (χ2v) is 5.18. The van der Waals surface area contributed by atoms with Crippen LogP contribution in [0.15, 0.2) is 23.0 Å². The third-order valence-electron chi connectivity index (χ3n) is 3.12. The van der Waals surface area contributed by atoms with Crippen LogP contribution >= 0.6 is 11.6 Å². The van der Waals surface area contributed by atoms with Crippen LogP contribution in [-0.4, -0.2) is 17.6 Å². The molecule has 0 unspecified atom stereocenters. The summed E-state index contributed by atoms with van der Waals surface area (Å²) in [5.74, 6) is 2.79. The average Bonchev–Trinajstić information content (AvgIpc) is 2.53. The molecule has 0 aliphatic carbocycles. The number of benzene rings is 1. The fourth-order valence-electron chi connectivity index (χ4n) is 2.07. The second kappa shape index (κ2) is 10.1. The van der Waals surface area contributed by atoms with Crippen molar-refractivity contribution in [2.24, 2.45) is 0 Å². The van der Waals surface area contributed by atoms with Crippen LogP contribution in [0.5, 0.6) is 5.75 Å². The Labute approximate surface area is 177 Å². The Morgan fingerprint density at radius 1 is 1.31 bits per heavy atom. The van der Waals surface area contributed by atoms with E-state index in [4.69, 9.17) is 16.3 Å². The Hall–Kier alpha value is -1.36. The number of halogens is 5. The number of aromatic nitrogens is 1. The molecule has 9 heteroatoms. The zero-order chi connectivity index (χ0) is 18.6. The largest absolute Gasteiger partial charge is 0.481 e. The number of hydrogen-bond donors (Lipinski definition) is 0. The van der Waals surface area contributed by atoms with E-state index in [-0.39, 0.29) is 50.1 Å². The Balaban J connectivity index is 0.00000338. The first-order valence-electron chi connectivity index (χ1n) is 6.96. The molecule has 0 atom stereocenters. The van der Waals surface area contributed by atoms with Crippen LogP contribution in [0.2, 0.25) is 5.02 Å².